The van der Waals surface area contributed by atoms with Crippen molar-refractivity contribution in [1.29, 1.82) is 0 Å². The molecule has 0 aliphatic heterocycles. The first-order valence-electron chi connectivity index (χ1n) is 9.81. The molecule has 0 bridgehead atoms. The zero-order valence-electron chi connectivity index (χ0n) is 15.9. The lowest BCUT2D eigenvalue weighted by atomic mass is 9.79. The Balaban J connectivity index is 1.52. The monoisotopic (exact) mass is 380 g/mol. The fourth-order valence-electron chi connectivity index (χ4n) is 4.06. The quantitative estimate of drug-likeness (QED) is 0.625. The Labute approximate surface area is 163 Å². The van der Waals surface area contributed by atoms with Gasteiger partial charge in [0.1, 0.15) is 11.5 Å². The molecular weight excluding hydrogens is 355 g/mol. The Kier molecular flexibility index (Phi) is 5.13. The molecule has 1 aliphatic carbocycles. The second-order valence-electron chi connectivity index (χ2n) is 7.77. The summed E-state index contributed by atoms with van der Waals surface area (Å²) in [6, 6.07) is 10.2. The predicted octanol–water partition coefficient (Wildman–Crippen LogP) is 4.46. The van der Waals surface area contributed by atoms with Crippen molar-refractivity contribution in [2.45, 2.75) is 38.6 Å². The summed E-state index contributed by atoms with van der Waals surface area (Å²) in [6.45, 7) is 2.05. The molecule has 1 aromatic carbocycles. The molecule has 146 valence electrons. The lowest BCUT2D eigenvalue weighted by Gasteiger charge is -2.30. The predicted molar refractivity (Wildman–Crippen MR) is 109 cm³/mol. The topological polar surface area (TPSA) is 83.8 Å². The van der Waals surface area contributed by atoms with Crippen LogP contribution in [-0.2, 0) is 4.79 Å². The summed E-state index contributed by atoms with van der Waals surface area (Å²) in [7, 11) is 0. The van der Waals surface area contributed by atoms with E-state index in [4.69, 9.17) is 5.73 Å². The molecule has 2 aromatic heterocycles. The fraction of sp³-hybridized carbons (Fsp3) is 0.364. The van der Waals surface area contributed by atoms with Crippen molar-refractivity contribution in [1.82, 2.24) is 9.97 Å². The lowest BCUT2D eigenvalue weighted by Crippen LogP contribution is -2.33. The summed E-state index contributed by atoms with van der Waals surface area (Å²) in [5.41, 5.74) is 9.14. The number of rotatable bonds is 4. The normalized spacial score (nSPS) is 20.8. The van der Waals surface area contributed by atoms with Gasteiger partial charge in [0.25, 0.3) is 0 Å². The number of aromatic amines is 1. The number of benzene rings is 1. The minimum Gasteiger partial charge on any atom is -0.339 e. The maximum absolute atomic E-state index is 13.2. The van der Waals surface area contributed by atoms with E-state index in [1.54, 1.807) is 18.3 Å². The number of nitrogens with zero attached hydrogens (tertiary/aromatic N) is 1. The van der Waals surface area contributed by atoms with Crippen LogP contribution in [0.4, 0.5) is 10.1 Å². The average Bonchev–Trinajstić information content (AvgIpc) is 3.14. The highest BCUT2D eigenvalue weighted by Gasteiger charge is 2.28. The van der Waals surface area contributed by atoms with Crippen LogP contribution in [0.25, 0.3) is 22.3 Å². The van der Waals surface area contributed by atoms with Crippen LogP contribution < -0.4 is 11.1 Å². The summed E-state index contributed by atoms with van der Waals surface area (Å²) in [5.74, 6) is 0.318. The number of nitrogens with two attached hydrogens (primary N) is 1. The van der Waals surface area contributed by atoms with E-state index in [9.17, 15) is 9.18 Å². The van der Waals surface area contributed by atoms with Crippen LogP contribution in [0.3, 0.4) is 0 Å². The number of aromatic nitrogens is 2. The van der Waals surface area contributed by atoms with Gasteiger partial charge in [-0.05, 0) is 80.5 Å². The Morgan fingerprint density at radius 2 is 1.93 bits per heavy atom. The first-order chi connectivity index (χ1) is 13.5. The van der Waals surface area contributed by atoms with Crippen LogP contribution in [0, 0.1) is 17.7 Å². The van der Waals surface area contributed by atoms with Crippen LogP contribution in [0.1, 0.15) is 32.6 Å². The van der Waals surface area contributed by atoms with Gasteiger partial charge >= 0.3 is 0 Å². The Hall–Kier alpha value is -2.73. The van der Waals surface area contributed by atoms with E-state index in [-0.39, 0.29) is 23.7 Å². The zero-order valence-corrected chi connectivity index (χ0v) is 15.9. The molecule has 3 aromatic rings. The molecule has 1 amide bonds. The highest BCUT2D eigenvalue weighted by atomic mass is 19.1. The van der Waals surface area contributed by atoms with Gasteiger partial charge in [0, 0.05) is 29.2 Å². The summed E-state index contributed by atoms with van der Waals surface area (Å²) in [6.07, 6.45) is 5.43. The second-order valence-corrected chi connectivity index (χ2v) is 7.77. The molecule has 28 heavy (non-hydrogen) atoms. The van der Waals surface area contributed by atoms with Crippen LogP contribution in [0.2, 0.25) is 0 Å². The van der Waals surface area contributed by atoms with Gasteiger partial charge in [-0.25, -0.2) is 9.37 Å². The van der Waals surface area contributed by atoms with Gasteiger partial charge in [-0.3, -0.25) is 4.79 Å². The highest BCUT2D eigenvalue weighted by molar-refractivity contribution is 6.02. The van der Waals surface area contributed by atoms with Crippen LogP contribution in [-0.4, -0.2) is 21.9 Å². The molecule has 1 atom stereocenters. The van der Waals surface area contributed by atoms with Crippen molar-refractivity contribution in [3.05, 3.63) is 48.4 Å². The summed E-state index contributed by atoms with van der Waals surface area (Å²) >= 11 is 0. The fourth-order valence-corrected chi connectivity index (χ4v) is 4.06. The molecule has 5 nitrogen and oxygen atoms in total. The van der Waals surface area contributed by atoms with E-state index in [0.29, 0.717) is 11.6 Å². The maximum Gasteiger partial charge on any atom is 0.227 e. The van der Waals surface area contributed by atoms with Crippen molar-refractivity contribution in [2.75, 3.05) is 5.32 Å². The van der Waals surface area contributed by atoms with Gasteiger partial charge < -0.3 is 16.0 Å². The molecule has 0 saturated heterocycles. The number of carbonyl (C=O) groups is 1. The van der Waals surface area contributed by atoms with Gasteiger partial charge in [-0.15, -0.1) is 0 Å². The van der Waals surface area contributed by atoms with Gasteiger partial charge in [0.05, 0.1) is 5.69 Å². The molecule has 4 rings (SSSR count). The number of amides is 1. The van der Waals surface area contributed by atoms with Gasteiger partial charge in [-0.1, -0.05) is 0 Å². The number of hydrogen-bond acceptors (Lipinski definition) is 3. The van der Waals surface area contributed by atoms with E-state index < -0.39 is 0 Å². The molecular formula is C22H25FN4O. The van der Waals surface area contributed by atoms with Gasteiger partial charge in [0.2, 0.25) is 5.91 Å². The van der Waals surface area contributed by atoms with Crippen LogP contribution in [0.5, 0.6) is 0 Å². The number of nitrogens with one attached hydrogen (secondary N) is 2. The number of pyridine rings is 1. The lowest BCUT2D eigenvalue weighted by molar-refractivity contribution is -0.121. The number of anilines is 1. The van der Waals surface area contributed by atoms with Crippen molar-refractivity contribution in [3.8, 4) is 11.3 Å². The standard InChI is InChI=1S/C22H25FN4O/c1-13(24)14-2-4-16(5-3-14)22(28)27-19-10-11-25-21-18(19)12-20(26-21)15-6-8-17(23)9-7-15/h6-14,16H,2-5,24H2,1H3,(H2,25,26,27,28). The van der Waals surface area contributed by atoms with E-state index in [0.717, 1.165) is 48.0 Å². The highest BCUT2D eigenvalue weighted by Crippen LogP contribution is 2.32. The SMILES string of the molecule is CC(N)C1CCC(C(=O)Nc2ccnc3[nH]c(-c4ccc(F)cc4)cc23)CC1. The summed E-state index contributed by atoms with van der Waals surface area (Å²) in [5, 5.41) is 3.93. The zero-order chi connectivity index (χ0) is 19.7. The average molecular weight is 380 g/mol. The Morgan fingerprint density at radius 1 is 1.21 bits per heavy atom. The molecule has 1 saturated carbocycles. The second kappa shape index (κ2) is 7.72. The van der Waals surface area contributed by atoms with Gasteiger partial charge in [-0.2, -0.15) is 0 Å². The maximum atomic E-state index is 13.2. The Bertz CT molecular complexity index is 972. The summed E-state index contributed by atoms with van der Waals surface area (Å²) in [4.78, 5) is 20.4. The minimum atomic E-state index is -0.273. The van der Waals surface area contributed by atoms with E-state index in [1.807, 2.05) is 19.1 Å². The molecule has 1 fully saturated rings. The van der Waals surface area contributed by atoms with Crippen molar-refractivity contribution < 1.29 is 9.18 Å². The van der Waals surface area contributed by atoms with E-state index in [1.165, 1.54) is 12.1 Å². The first kappa shape index (κ1) is 18.6. The first-order valence-corrected chi connectivity index (χ1v) is 9.81. The number of hydrogen-bond donors (Lipinski definition) is 3. The molecule has 0 radical (unpaired) electrons. The van der Waals surface area contributed by atoms with Crippen LogP contribution >= 0.6 is 0 Å². The summed E-state index contributed by atoms with van der Waals surface area (Å²) < 4.78 is 13.2. The van der Waals surface area contributed by atoms with E-state index in [2.05, 4.69) is 15.3 Å². The smallest absolute Gasteiger partial charge is 0.227 e. The van der Waals surface area contributed by atoms with E-state index >= 15 is 0 Å². The molecule has 1 unspecified atom stereocenters. The molecule has 6 heteroatoms. The van der Waals surface area contributed by atoms with Crippen molar-refractivity contribution >= 4 is 22.6 Å². The molecule has 4 N–H and O–H groups in total. The number of halogens is 1. The van der Waals surface area contributed by atoms with Crippen molar-refractivity contribution in [3.63, 3.8) is 0 Å². The Morgan fingerprint density at radius 3 is 2.61 bits per heavy atom. The number of fused-ring (bicyclic) bond motifs is 1. The van der Waals surface area contributed by atoms with Gasteiger partial charge in [0.15, 0.2) is 0 Å². The number of H-pyrrole nitrogens is 1. The third kappa shape index (κ3) is 3.78. The van der Waals surface area contributed by atoms with Crippen molar-refractivity contribution in [2.24, 2.45) is 17.6 Å². The largest absolute Gasteiger partial charge is 0.339 e. The molecule has 0 spiro atoms. The minimum absolute atomic E-state index is 0.0220. The molecule has 1 aliphatic rings. The third-order valence-corrected chi connectivity index (χ3v) is 5.83. The number of carbonyl (C=O) groups excluding carboxylic acids is 1. The molecule has 2 heterocycles. The third-order valence-electron chi connectivity index (χ3n) is 5.83. The van der Waals surface area contributed by atoms with Crippen LogP contribution in [0.15, 0.2) is 42.6 Å².